The Bertz CT molecular complexity index is 1180. The first-order valence-corrected chi connectivity index (χ1v) is 11.8. The second kappa shape index (κ2) is 9.77. The quantitative estimate of drug-likeness (QED) is 0.539. The number of rotatable bonds is 6. The maximum atomic E-state index is 13.3. The number of carbonyl (C=O) groups excluding carboxylic acids is 2. The molecule has 5 rings (SSSR count). The number of nitrogens with one attached hydrogen (secondary N) is 1. The Kier molecular flexibility index (Phi) is 6.40. The zero-order chi connectivity index (χ0) is 23.5. The number of carbonyl (C=O) groups is 2. The van der Waals surface area contributed by atoms with Crippen molar-refractivity contribution in [3.8, 4) is 0 Å². The van der Waals surface area contributed by atoms with E-state index in [1.54, 1.807) is 42.9 Å². The minimum atomic E-state index is -0.377. The van der Waals surface area contributed by atoms with E-state index in [2.05, 4.69) is 10.4 Å². The summed E-state index contributed by atoms with van der Waals surface area (Å²) in [4.78, 5) is 28.2. The molecule has 0 saturated carbocycles. The molecule has 4 heterocycles. The van der Waals surface area contributed by atoms with Crippen molar-refractivity contribution < 1.29 is 18.4 Å². The number of anilines is 1. The highest BCUT2D eigenvalue weighted by atomic mass is 35.5. The van der Waals surface area contributed by atoms with Gasteiger partial charge in [0, 0.05) is 30.2 Å². The Morgan fingerprint density at radius 2 is 1.85 bits per heavy atom. The normalized spacial score (nSPS) is 18.1. The van der Waals surface area contributed by atoms with Gasteiger partial charge in [0.05, 0.1) is 24.6 Å². The topological polar surface area (TPSA) is 91.3 Å². The van der Waals surface area contributed by atoms with Crippen LogP contribution in [0.1, 0.15) is 53.6 Å². The molecule has 2 aliphatic heterocycles. The van der Waals surface area contributed by atoms with Crippen LogP contribution in [0.2, 0.25) is 5.02 Å². The van der Waals surface area contributed by atoms with Gasteiger partial charge in [-0.3, -0.25) is 9.59 Å². The van der Waals surface area contributed by atoms with Crippen molar-refractivity contribution in [3.63, 3.8) is 0 Å². The monoisotopic (exact) mass is 480 g/mol. The zero-order valence-electron chi connectivity index (χ0n) is 18.6. The van der Waals surface area contributed by atoms with E-state index in [1.165, 1.54) is 5.01 Å². The van der Waals surface area contributed by atoms with Gasteiger partial charge in [-0.15, -0.1) is 0 Å². The first kappa shape index (κ1) is 22.3. The second-order valence-electron chi connectivity index (χ2n) is 8.39. The van der Waals surface area contributed by atoms with E-state index in [0.717, 1.165) is 32.4 Å². The molecule has 34 heavy (non-hydrogen) atoms. The third-order valence-electron chi connectivity index (χ3n) is 6.13. The van der Waals surface area contributed by atoms with Crippen LogP contribution >= 0.6 is 11.6 Å². The smallest absolute Gasteiger partial charge is 0.262 e. The summed E-state index contributed by atoms with van der Waals surface area (Å²) in [5.74, 6) is 0.935. The number of amides is 2. The van der Waals surface area contributed by atoms with Gasteiger partial charge >= 0.3 is 0 Å². The SMILES string of the molecule is O=C(c1ccc(Cl)cc1NCC(=O)N1N=C(c2ccco2)CC1c1ccco1)N1CCCCC1. The average molecular weight is 481 g/mol. The summed E-state index contributed by atoms with van der Waals surface area (Å²) in [6.45, 7) is 1.41. The summed E-state index contributed by atoms with van der Waals surface area (Å²) in [5.41, 5.74) is 1.70. The van der Waals surface area contributed by atoms with E-state index in [0.29, 0.717) is 39.9 Å². The van der Waals surface area contributed by atoms with Gasteiger partial charge in [-0.25, -0.2) is 5.01 Å². The van der Waals surface area contributed by atoms with Gasteiger partial charge in [0.2, 0.25) is 0 Å². The van der Waals surface area contributed by atoms with Crippen LogP contribution in [0.25, 0.3) is 0 Å². The largest absolute Gasteiger partial charge is 0.467 e. The molecule has 0 radical (unpaired) electrons. The summed E-state index contributed by atoms with van der Waals surface area (Å²) in [6, 6.07) is 11.9. The van der Waals surface area contributed by atoms with Crippen LogP contribution in [0.3, 0.4) is 0 Å². The van der Waals surface area contributed by atoms with Gasteiger partial charge in [0.1, 0.15) is 23.3 Å². The van der Waals surface area contributed by atoms with Gasteiger partial charge in [0.15, 0.2) is 0 Å². The summed E-state index contributed by atoms with van der Waals surface area (Å²) in [6.07, 6.45) is 6.76. The summed E-state index contributed by atoms with van der Waals surface area (Å²) in [5, 5.41) is 9.56. The number of benzene rings is 1. The molecule has 3 aromatic rings. The van der Waals surface area contributed by atoms with Crippen molar-refractivity contribution in [2.45, 2.75) is 31.7 Å². The molecule has 1 fully saturated rings. The molecular weight excluding hydrogens is 456 g/mol. The number of furan rings is 2. The molecule has 2 amide bonds. The molecule has 8 nitrogen and oxygen atoms in total. The van der Waals surface area contributed by atoms with Crippen LogP contribution in [0.4, 0.5) is 5.69 Å². The van der Waals surface area contributed by atoms with Gasteiger partial charge in [-0.2, -0.15) is 5.10 Å². The molecular formula is C25H25ClN4O4. The molecule has 0 aliphatic carbocycles. The first-order valence-electron chi connectivity index (χ1n) is 11.4. The van der Waals surface area contributed by atoms with Crippen LogP contribution in [0, 0.1) is 0 Å². The Hall–Kier alpha value is -3.52. The lowest BCUT2D eigenvalue weighted by molar-refractivity contribution is -0.131. The number of nitrogens with zero attached hydrogens (tertiary/aromatic N) is 3. The van der Waals surface area contributed by atoms with E-state index < -0.39 is 0 Å². The fourth-order valence-electron chi connectivity index (χ4n) is 4.40. The number of likely N-dealkylation sites (tertiary alicyclic amines) is 1. The molecule has 1 N–H and O–H groups in total. The van der Waals surface area contributed by atoms with E-state index in [1.807, 2.05) is 17.0 Å². The van der Waals surface area contributed by atoms with Crippen LogP contribution in [-0.4, -0.2) is 47.1 Å². The number of piperidine rings is 1. The molecule has 1 aromatic carbocycles. The Labute approximate surface area is 202 Å². The molecule has 1 atom stereocenters. The van der Waals surface area contributed by atoms with Crippen molar-refractivity contribution in [1.82, 2.24) is 9.91 Å². The van der Waals surface area contributed by atoms with Crippen molar-refractivity contribution >= 4 is 34.8 Å². The highest BCUT2D eigenvalue weighted by Crippen LogP contribution is 2.33. The van der Waals surface area contributed by atoms with Crippen molar-refractivity contribution in [3.05, 3.63) is 77.1 Å². The predicted octanol–water partition coefficient (Wildman–Crippen LogP) is 4.94. The fraction of sp³-hybridized carbons (Fsp3) is 0.320. The molecule has 2 aromatic heterocycles. The maximum absolute atomic E-state index is 13.3. The molecule has 1 unspecified atom stereocenters. The predicted molar refractivity (Wildman–Crippen MR) is 128 cm³/mol. The highest BCUT2D eigenvalue weighted by Gasteiger charge is 2.35. The lowest BCUT2D eigenvalue weighted by Crippen LogP contribution is -2.36. The summed E-state index contributed by atoms with van der Waals surface area (Å²) < 4.78 is 11.1. The lowest BCUT2D eigenvalue weighted by Gasteiger charge is -2.27. The number of hydrogen-bond donors (Lipinski definition) is 1. The Morgan fingerprint density at radius 1 is 1.06 bits per heavy atom. The Morgan fingerprint density at radius 3 is 2.59 bits per heavy atom. The molecule has 9 heteroatoms. The third kappa shape index (κ3) is 4.59. The summed E-state index contributed by atoms with van der Waals surface area (Å²) in [7, 11) is 0. The van der Waals surface area contributed by atoms with Crippen molar-refractivity contribution in [2.24, 2.45) is 5.10 Å². The van der Waals surface area contributed by atoms with E-state index >= 15 is 0 Å². The number of hydrazone groups is 1. The first-order chi connectivity index (χ1) is 16.6. The van der Waals surface area contributed by atoms with E-state index in [-0.39, 0.29) is 24.4 Å². The third-order valence-corrected chi connectivity index (χ3v) is 6.36. The molecule has 0 bridgehead atoms. The van der Waals surface area contributed by atoms with Gasteiger partial charge in [-0.05, 0) is 61.7 Å². The standard InChI is InChI=1S/C25H25ClN4O4/c26-17-8-9-18(25(32)29-10-2-1-3-11-29)19(14-17)27-16-24(31)30-21(23-7-5-13-34-23)15-20(28-30)22-6-4-12-33-22/h4-9,12-14,21,27H,1-3,10-11,15-16H2. The van der Waals surface area contributed by atoms with Gasteiger partial charge in [0.25, 0.3) is 11.8 Å². The highest BCUT2D eigenvalue weighted by molar-refractivity contribution is 6.31. The minimum Gasteiger partial charge on any atom is -0.467 e. The van der Waals surface area contributed by atoms with Crippen molar-refractivity contribution in [1.29, 1.82) is 0 Å². The number of halogens is 1. The molecule has 0 spiro atoms. The van der Waals surface area contributed by atoms with Crippen LogP contribution in [0.15, 0.2) is 68.9 Å². The minimum absolute atomic E-state index is 0.0564. The molecule has 2 aliphatic rings. The van der Waals surface area contributed by atoms with Gasteiger partial charge in [-0.1, -0.05) is 11.6 Å². The Balaban J connectivity index is 1.35. The average Bonchev–Trinajstić information content (AvgIpc) is 3.63. The summed E-state index contributed by atoms with van der Waals surface area (Å²) >= 11 is 6.21. The maximum Gasteiger partial charge on any atom is 0.262 e. The van der Waals surface area contributed by atoms with Crippen LogP contribution in [0.5, 0.6) is 0 Å². The lowest BCUT2D eigenvalue weighted by atomic mass is 10.1. The number of hydrogen-bond acceptors (Lipinski definition) is 6. The van der Waals surface area contributed by atoms with E-state index in [9.17, 15) is 9.59 Å². The van der Waals surface area contributed by atoms with Gasteiger partial charge < -0.3 is 19.1 Å². The molecule has 176 valence electrons. The van der Waals surface area contributed by atoms with Crippen LogP contribution < -0.4 is 5.32 Å². The zero-order valence-corrected chi connectivity index (χ0v) is 19.3. The fourth-order valence-corrected chi connectivity index (χ4v) is 4.57. The van der Waals surface area contributed by atoms with E-state index in [4.69, 9.17) is 20.4 Å². The van der Waals surface area contributed by atoms with Crippen molar-refractivity contribution in [2.75, 3.05) is 25.0 Å². The second-order valence-corrected chi connectivity index (χ2v) is 8.83. The van der Waals surface area contributed by atoms with Crippen LogP contribution in [-0.2, 0) is 4.79 Å². The molecule has 1 saturated heterocycles.